The van der Waals surface area contributed by atoms with Crippen molar-refractivity contribution in [3.05, 3.63) is 64.7 Å². The Morgan fingerprint density at radius 1 is 1.05 bits per heavy atom. The standard InChI is InChI=1S/C14H10ClF2N3OS/c15-8-5-6-10(16)9(7-8)13(21)19-20-14(22)18-12-4-2-1-3-11(12)17/h1-7H,(H,19,21)(H2,18,20,22). The molecule has 0 bridgehead atoms. The predicted molar refractivity (Wildman–Crippen MR) is 84.6 cm³/mol. The molecule has 0 unspecified atom stereocenters. The van der Waals surface area contributed by atoms with Gasteiger partial charge in [-0.15, -0.1) is 0 Å². The highest BCUT2D eigenvalue weighted by molar-refractivity contribution is 7.80. The summed E-state index contributed by atoms with van der Waals surface area (Å²) in [7, 11) is 0. The van der Waals surface area contributed by atoms with Gasteiger partial charge in [-0.05, 0) is 42.5 Å². The first kappa shape index (κ1) is 16.1. The zero-order valence-corrected chi connectivity index (χ0v) is 12.6. The molecule has 0 aliphatic heterocycles. The SMILES string of the molecule is O=C(NNC(=S)Nc1ccccc1F)c1cc(Cl)ccc1F. The van der Waals surface area contributed by atoms with Gasteiger partial charge < -0.3 is 5.32 Å². The van der Waals surface area contributed by atoms with Gasteiger partial charge in [-0.1, -0.05) is 23.7 Å². The number of carbonyl (C=O) groups is 1. The lowest BCUT2D eigenvalue weighted by Crippen LogP contribution is -2.44. The molecule has 4 nitrogen and oxygen atoms in total. The molecule has 114 valence electrons. The number of anilines is 1. The van der Waals surface area contributed by atoms with E-state index in [0.29, 0.717) is 0 Å². The highest BCUT2D eigenvalue weighted by Crippen LogP contribution is 2.14. The molecule has 0 aliphatic rings. The van der Waals surface area contributed by atoms with Gasteiger partial charge in [-0.3, -0.25) is 15.6 Å². The van der Waals surface area contributed by atoms with Crippen LogP contribution in [-0.2, 0) is 0 Å². The van der Waals surface area contributed by atoms with E-state index in [4.69, 9.17) is 23.8 Å². The highest BCUT2D eigenvalue weighted by atomic mass is 35.5. The van der Waals surface area contributed by atoms with Crippen LogP contribution in [0.5, 0.6) is 0 Å². The van der Waals surface area contributed by atoms with E-state index >= 15 is 0 Å². The predicted octanol–water partition coefficient (Wildman–Crippen LogP) is 3.25. The number of rotatable bonds is 2. The number of nitrogens with one attached hydrogen (secondary N) is 3. The average molecular weight is 342 g/mol. The number of hydrazine groups is 1. The van der Waals surface area contributed by atoms with Crippen molar-refractivity contribution >= 4 is 40.5 Å². The molecule has 2 aromatic carbocycles. The minimum Gasteiger partial charge on any atom is -0.329 e. The van der Waals surface area contributed by atoms with Crippen LogP contribution >= 0.6 is 23.8 Å². The molecule has 1 amide bonds. The highest BCUT2D eigenvalue weighted by Gasteiger charge is 2.12. The van der Waals surface area contributed by atoms with Gasteiger partial charge in [0.15, 0.2) is 5.11 Å². The minimum absolute atomic E-state index is 0.0547. The maximum Gasteiger partial charge on any atom is 0.272 e. The zero-order valence-electron chi connectivity index (χ0n) is 11.0. The Hall–Kier alpha value is -2.25. The summed E-state index contributed by atoms with van der Waals surface area (Å²) < 4.78 is 26.9. The third-order valence-electron chi connectivity index (χ3n) is 2.58. The molecule has 0 fully saturated rings. The second-order valence-corrected chi connectivity index (χ2v) is 4.98. The van der Waals surface area contributed by atoms with Crippen molar-refractivity contribution in [2.75, 3.05) is 5.32 Å². The van der Waals surface area contributed by atoms with E-state index in [9.17, 15) is 13.6 Å². The molecular formula is C14H10ClF2N3OS. The van der Waals surface area contributed by atoms with Gasteiger partial charge in [0.25, 0.3) is 5.91 Å². The summed E-state index contributed by atoms with van der Waals surface area (Å²) in [5.74, 6) is -1.99. The summed E-state index contributed by atoms with van der Waals surface area (Å²) in [6.45, 7) is 0. The molecule has 8 heteroatoms. The number of amides is 1. The van der Waals surface area contributed by atoms with E-state index in [1.165, 1.54) is 30.3 Å². The first-order valence-corrected chi connectivity index (χ1v) is 6.83. The number of thiocarbonyl (C=S) groups is 1. The number of benzene rings is 2. The van der Waals surface area contributed by atoms with Gasteiger partial charge in [0.05, 0.1) is 11.3 Å². The number of hydrogen-bond donors (Lipinski definition) is 3. The molecule has 3 N–H and O–H groups in total. The number of halogens is 3. The Bertz CT molecular complexity index is 727. The van der Waals surface area contributed by atoms with Crippen LogP contribution < -0.4 is 16.2 Å². The van der Waals surface area contributed by atoms with Gasteiger partial charge in [0.1, 0.15) is 11.6 Å². The van der Waals surface area contributed by atoms with Gasteiger partial charge in [0, 0.05) is 5.02 Å². The molecular weight excluding hydrogens is 332 g/mol. The van der Waals surface area contributed by atoms with Crippen molar-refractivity contribution in [1.82, 2.24) is 10.9 Å². The molecule has 0 saturated heterocycles. The van der Waals surface area contributed by atoms with Crippen LogP contribution in [0.3, 0.4) is 0 Å². The average Bonchev–Trinajstić information content (AvgIpc) is 2.49. The molecule has 2 aromatic rings. The Kier molecular flexibility index (Phi) is 5.24. The Morgan fingerprint density at radius 3 is 2.50 bits per heavy atom. The second kappa shape index (κ2) is 7.15. The lowest BCUT2D eigenvalue weighted by molar-refractivity contribution is 0.0940. The molecule has 0 aliphatic carbocycles. The fraction of sp³-hybridized carbons (Fsp3) is 0. The van der Waals surface area contributed by atoms with E-state index < -0.39 is 17.5 Å². The molecule has 0 heterocycles. The van der Waals surface area contributed by atoms with Gasteiger partial charge >= 0.3 is 0 Å². The first-order chi connectivity index (χ1) is 10.5. The summed E-state index contributed by atoms with van der Waals surface area (Å²) >= 11 is 10.6. The Labute approximate surface area is 135 Å². The van der Waals surface area contributed by atoms with E-state index in [2.05, 4.69) is 16.2 Å². The minimum atomic E-state index is -0.766. The normalized spacial score (nSPS) is 9.95. The summed E-state index contributed by atoms with van der Waals surface area (Å²) in [5, 5.41) is 2.72. The second-order valence-electron chi connectivity index (χ2n) is 4.14. The quantitative estimate of drug-likeness (QED) is 0.580. The third-order valence-corrected chi connectivity index (χ3v) is 3.02. The summed E-state index contributed by atoms with van der Waals surface area (Å²) in [5.41, 5.74) is 4.44. The van der Waals surface area contributed by atoms with Gasteiger partial charge in [-0.25, -0.2) is 8.78 Å². The van der Waals surface area contributed by atoms with Gasteiger partial charge in [-0.2, -0.15) is 0 Å². The van der Waals surface area contributed by atoms with Crippen LogP contribution in [0, 0.1) is 11.6 Å². The van der Waals surface area contributed by atoms with Crippen molar-refractivity contribution in [1.29, 1.82) is 0 Å². The molecule has 0 spiro atoms. The third kappa shape index (κ3) is 4.12. The monoisotopic (exact) mass is 341 g/mol. The zero-order chi connectivity index (χ0) is 16.1. The molecule has 22 heavy (non-hydrogen) atoms. The smallest absolute Gasteiger partial charge is 0.272 e. The maximum atomic E-state index is 13.5. The van der Waals surface area contributed by atoms with Crippen molar-refractivity contribution < 1.29 is 13.6 Å². The van der Waals surface area contributed by atoms with E-state index in [1.54, 1.807) is 6.07 Å². The largest absolute Gasteiger partial charge is 0.329 e. The van der Waals surface area contributed by atoms with Crippen molar-refractivity contribution in [3.8, 4) is 0 Å². The van der Waals surface area contributed by atoms with E-state index in [0.717, 1.165) is 6.07 Å². The maximum absolute atomic E-state index is 13.5. The fourth-order valence-corrected chi connectivity index (χ4v) is 1.90. The molecule has 0 radical (unpaired) electrons. The van der Waals surface area contributed by atoms with Gasteiger partial charge in [0.2, 0.25) is 0 Å². The molecule has 0 saturated carbocycles. The van der Waals surface area contributed by atoms with Crippen LogP contribution in [0.1, 0.15) is 10.4 Å². The number of carbonyl (C=O) groups excluding carboxylic acids is 1. The van der Waals surface area contributed by atoms with Crippen LogP contribution in [0.2, 0.25) is 5.02 Å². The van der Waals surface area contributed by atoms with Crippen molar-refractivity contribution in [2.24, 2.45) is 0 Å². The van der Waals surface area contributed by atoms with Crippen LogP contribution in [0.15, 0.2) is 42.5 Å². The fourth-order valence-electron chi connectivity index (χ4n) is 1.57. The topological polar surface area (TPSA) is 53.2 Å². The van der Waals surface area contributed by atoms with Crippen molar-refractivity contribution in [3.63, 3.8) is 0 Å². The summed E-state index contributed by atoms with van der Waals surface area (Å²) in [6.07, 6.45) is 0. The van der Waals surface area contributed by atoms with E-state index in [-0.39, 0.29) is 21.4 Å². The molecule has 2 rings (SSSR count). The molecule has 0 atom stereocenters. The lowest BCUT2D eigenvalue weighted by Gasteiger charge is -2.12. The summed E-state index contributed by atoms with van der Waals surface area (Å²) in [6, 6.07) is 9.46. The van der Waals surface area contributed by atoms with Crippen LogP contribution in [0.25, 0.3) is 0 Å². The van der Waals surface area contributed by atoms with Crippen LogP contribution in [0.4, 0.5) is 14.5 Å². The first-order valence-electron chi connectivity index (χ1n) is 6.04. The molecule has 0 aromatic heterocycles. The van der Waals surface area contributed by atoms with Crippen molar-refractivity contribution in [2.45, 2.75) is 0 Å². The Morgan fingerprint density at radius 2 is 1.77 bits per heavy atom. The number of hydrogen-bond acceptors (Lipinski definition) is 2. The van der Waals surface area contributed by atoms with Crippen LogP contribution in [-0.4, -0.2) is 11.0 Å². The Balaban J connectivity index is 1.95. The lowest BCUT2D eigenvalue weighted by atomic mass is 10.2. The summed E-state index contributed by atoms with van der Waals surface area (Å²) in [4.78, 5) is 11.8. The number of para-hydroxylation sites is 1. The van der Waals surface area contributed by atoms with E-state index in [1.807, 2.05) is 0 Å².